The van der Waals surface area contributed by atoms with Gasteiger partial charge in [-0.25, -0.2) is 9.79 Å². The molecule has 0 N–H and O–H groups in total. The minimum atomic E-state index is -0.808. The lowest BCUT2D eigenvalue weighted by atomic mass is 9.90. The van der Waals surface area contributed by atoms with Gasteiger partial charge in [0.25, 0.3) is 5.56 Å². The Balaban J connectivity index is 1.68. The molecule has 1 aliphatic heterocycles. The molecule has 7 nitrogen and oxygen atoms in total. The van der Waals surface area contributed by atoms with Crippen LogP contribution in [0, 0.1) is 0 Å². The summed E-state index contributed by atoms with van der Waals surface area (Å²) < 4.78 is 19.6. The van der Waals surface area contributed by atoms with Crippen molar-refractivity contribution in [2.24, 2.45) is 4.99 Å². The first kappa shape index (κ1) is 28.4. The number of allylic oxidation sites excluding steroid dienone is 1. The standard InChI is InChI=1S/C35H32N2O5S/c1-6-41-34(39)30-21(4)36-35-37(32(30)31-25-14-10-8-12-23(25)16-18-28(31)40-5)33(38)29(43-35)19-26-24-13-9-7-11-22(24)15-17-27(26)42-20(2)3/h7-20,32H,6H2,1-5H3. The minimum absolute atomic E-state index is 0.0526. The fourth-order valence-corrected chi connectivity index (χ4v) is 6.74. The first-order chi connectivity index (χ1) is 20.8. The van der Waals surface area contributed by atoms with Gasteiger partial charge in [-0.05, 0) is 67.4 Å². The van der Waals surface area contributed by atoms with Crippen molar-refractivity contribution in [2.45, 2.75) is 39.8 Å². The maximum atomic E-state index is 14.5. The third-order valence-electron chi connectivity index (χ3n) is 7.51. The fourth-order valence-electron chi connectivity index (χ4n) is 5.71. The molecule has 1 unspecified atom stereocenters. The summed E-state index contributed by atoms with van der Waals surface area (Å²) in [6, 6.07) is 22.9. The SMILES string of the molecule is CCOC(=O)C1=C(C)N=c2sc(=Cc3c(OC(C)C)ccc4ccccc34)c(=O)n2C1c1c(OC)ccc2ccccc12. The molecule has 0 spiro atoms. The second-order valence-corrected chi connectivity index (χ2v) is 11.6. The van der Waals surface area contributed by atoms with Crippen LogP contribution in [0.5, 0.6) is 11.5 Å². The number of hydrogen-bond donors (Lipinski definition) is 0. The average molecular weight is 593 g/mol. The Labute approximate surface area is 253 Å². The summed E-state index contributed by atoms with van der Waals surface area (Å²) in [6.45, 7) is 7.69. The summed E-state index contributed by atoms with van der Waals surface area (Å²) in [6.07, 6.45) is 1.83. The van der Waals surface area contributed by atoms with E-state index in [0.717, 1.165) is 27.1 Å². The fraction of sp³-hybridized carbons (Fsp3) is 0.229. The summed E-state index contributed by atoms with van der Waals surface area (Å²) in [5.41, 5.74) is 2.07. The number of benzene rings is 4. The highest BCUT2D eigenvalue weighted by atomic mass is 32.1. The molecule has 5 aromatic rings. The van der Waals surface area contributed by atoms with Crippen LogP contribution < -0.4 is 24.4 Å². The molecule has 1 aromatic heterocycles. The van der Waals surface area contributed by atoms with Crippen molar-refractivity contribution in [3.63, 3.8) is 0 Å². The second kappa shape index (κ2) is 11.5. The van der Waals surface area contributed by atoms with Crippen LogP contribution in [-0.4, -0.2) is 30.4 Å². The highest BCUT2D eigenvalue weighted by molar-refractivity contribution is 7.07. The van der Waals surface area contributed by atoms with E-state index in [1.54, 1.807) is 25.5 Å². The Morgan fingerprint density at radius 1 is 0.977 bits per heavy atom. The van der Waals surface area contributed by atoms with Crippen LogP contribution in [0.1, 0.15) is 44.9 Å². The van der Waals surface area contributed by atoms with E-state index in [-0.39, 0.29) is 18.3 Å². The van der Waals surface area contributed by atoms with Gasteiger partial charge in [-0.3, -0.25) is 9.36 Å². The third-order valence-corrected chi connectivity index (χ3v) is 8.49. The van der Waals surface area contributed by atoms with Gasteiger partial charge in [0.2, 0.25) is 0 Å². The van der Waals surface area contributed by atoms with Gasteiger partial charge in [0, 0.05) is 11.1 Å². The zero-order valence-electron chi connectivity index (χ0n) is 24.7. The van der Waals surface area contributed by atoms with Crippen molar-refractivity contribution in [3.8, 4) is 11.5 Å². The van der Waals surface area contributed by atoms with E-state index >= 15 is 0 Å². The minimum Gasteiger partial charge on any atom is -0.496 e. The molecule has 0 radical (unpaired) electrons. The van der Waals surface area contributed by atoms with Crippen molar-refractivity contribution in [3.05, 3.63) is 115 Å². The Morgan fingerprint density at radius 3 is 2.30 bits per heavy atom. The number of ether oxygens (including phenoxy) is 3. The first-order valence-corrected chi connectivity index (χ1v) is 15.1. The molecule has 1 atom stereocenters. The lowest BCUT2D eigenvalue weighted by Gasteiger charge is -2.27. The average Bonchev–Trinajstić information content (AvgIpc) is 3.30. The van der Waals surface area contributed by atoms with E-state index in [1.165, 1.54) is 11.3 Å². The van der Waals surface area contributed by atoms with Crippen molar-refractivity contribution in [2.75, 3.05) is 13.7 Å². The van der Waals surface area contributed by atoms with E-state index in [0.29, 0.717) is 37.7 Å². The molecule has 1 aliphatic rings. The Hall–Kier alpha value is -4.69. The topological polar surface area (TPSA) is 79.1 Å². The zero-order chi connectivity index (χ0) is 30.2. The van der Waals surface area contributed by atoms with Crippen LogP contribution in [0.3, 0.4) is 0 Å². The smallest absolute Gasteiger partial charge is 0.338 e. The van der Waals surface area contributed by atoms with Crippen molar-refractivity contribution in [1.29, 1.82) is 0 Å². The molecular weight excluding hydrogens is 560 g/mol. The molecule has 8 heteroatoms. The molecule has 0 bridgehead atoms. The lowest BCUT2D eigenvalue weighted by Crippen LogP contribution is -2.40. The monoisotopic (exact) mass is 592 g/mol. The Morgan fingerprint density at radius 2 is 1.63 bits per heavy atom. The number of fused-ring (bicyclic) bond motifs is 3. The van der Waals surface area contributed by atoms with Crippen molar-refractivity contribution < 1.29 is 19.0 Å². The highest BCUT2D eigenvalue weighted by Crippen LogP contribution is 2.40. The molecule has 0 saturated carbocycles. The van der Waals surface area contributed by atoms with Crippen LogP contribution in [0.25, 0.3) is 27.6 Å². The van der Waals surface area contributed by atoms with E-state index in [2.05, 4.69) is 0 Å². The predicted octanol–water partition coefficient (Wildman–Crippen LogP) is 5.90. The van der Waals surface area contributed by atoms with Gasteiger partial charge in [-0.15, -0.1) is 0 Å². The number of esters is 1. The van der Waals surface area contributed by atoms with Crippen molar-refractivity contribution in [1.82, 2.24) is 4.57 Å². The number of methoxy groups -OCH3 is 1. The number of aromatic nitrogens is 1. The van der Waals surface area contributed by atoms with Crippen LogP contribution in [0.15, 0.2) is 93.9 Å². The molecule has 0 saturated heterocycles. The van der Waals surface area contributed by atoms with Gasteiger partial charge >= 0.3 is 5.97 Å². The summed E-state index contributed by atoms with van der Waals surface area (Å²) in [7, 11) is 1.59. The van der Waals surface area contributed by atoms with Gasteiger partial charge in [0.1, 0.15) is 17.5 Å². The number of nitrogens with zero attached hydrogens (tertiary/aromatic N) is 2. The summed E-state index contributed by atoms with van der Waals surface area (Å²) in [5.74, 6) is 0.742. The number of thiazole rings is 1. The molecule has 0 aliphatic carbocycles. The van der Waals surface area contributed by atoms with Crippen molar-refractivity contribution >= 4 is 44.9 Å². The van der Waals surface area contributed by atoms with Crippen LogP contribution in [-0.2, 0) is 9.53 Å². The van der Waals surface area contributed by atoms with Gasteiger partial charge in [-0.1, -0.05) is 72.0 Å². The quantitative estimate of drug-likeness (QED) is 0.220. The largest absolute Gasteiger partial charge is 0.496 e. The number of hydrogen-bond acceptors (Lipinski definition) is 7. The number of carbonyl (C=O) groups excluding carboxylic acids is 1. The zero-order valence-corrected chi connectivity index (χ0v) is 25.5. The molecular formula is C35H32N2O5S. The van der Waals surface area contributed by atoms with E-state index in [1.807, 2.05) is 92.7 Å². The molecule has 6 rings (SSSR count). The summed E-state index contributed by atoms with van der Waals surface area (Å²) in [4.78, 5) is 33.2. The molecule has 2 heterocycles. The van der Waals surface area contributed by atoms with Crippen LogP contribution >= 0.6 is 11.3 Å². The highest BCUT2D eigenvalue weighted by Gasteiger charge is 2.36. The molecule has 218 valence electrons. The lowest BCUT2D eigenvalue weighted by molar-refractivity contribution is -0.139. The van der Waals surface area contributed by atoms with Gasteiger partial charge < -0.3 is 14.2 Å². The molecule has 0 amide bonds. The maximum Gasteiger partial charge on any atom is 0.338 e. The molecule has 43 heavy (non-hydrogen) atoms. The Bertz CT molecular complexity index is 2100. The third kappa shape index (κ3) is 5.02. The summed E-state index contributed by atoms with van der Waals surface area (Å²) in [5, 5.41) is 3.85. The predicted molar refractivity (Wildman–Crippen MR) is 171 cm³/mol. The van der Waals surface area contributed by atoms with E-state index < -0.39 is 12.0 Å². The van der Waals surface area contributed by atoms with E-state index in [4.69, 9.17) is 19.2 Å². The molecule has 4 aromatic carbocycles. The molecule has 0 fully saturated rings. The number of carbonyl (C=O) groups is 1. The van der Waals surface area contributed by atoms with Crippen LogP contribution in [0.2, 0.25) is 0 Å². The maximum absolute atomic E-state index is 14.5. The van der Waals surface area contributed by atoms with E-state index in [9.17, 15) is 9.59 Å². The second-order valence-electron chi connectivity index (χ2n) is 10.6. The van der Waals surface area contributed by atoms with Gasteiger partial charge in [0.15, 0.2) is 4.80 Å². The van der Waals surface area contributed by atoms with Gasteiger partial charge in [-0.2, -0.15) is 0 Å². The number of rotatable bonds is 7. The van der Waals surface area contributed by atoms with Crippen LogP contribution in [0.4, 0.5) is 0 Å². The Kier molecular flexibility index (Phi) is 7.62. The van der Waals surface area contributed by atoms with Gasteiger partial charge in [0.05, 0.1) is 35.6 Å². The normalized spacial score (nSPS) is 15.1. The summed E-state index contributed by atoms with van der Waals surface area (Å²) >= 11 is 1.29. The first-order valence-electron chi connectivity index (χ1n) is 14.3.